The van der Waals surface area contributed by atoms with E-state index in [9.17, 15) is 14.4 Å². The van der Waals surface area contributed by atoms with E-state index in [4.69, 9.17) is 21.4 Å². The predicted octanol–water partition coefficient (Wildman–Crippen LogP) is 0.792. The van der Waals surface area contributed by atoms with Crippen LogP contribution < -0.4 is 10.1 Å². The summed E-state index contributed by atoms with van der Waals surface area (Å²) in [6.07, 6.45) is 1.09. The average molecular weight is 355 g/mol. The van der Waals surface area contributed by atoms with E-state index in [2.05, 4.69) is 10.1 Å². The van der Waals surface area contributed by atoms with Crippen LogP contribution in [0.25, 0.3) is 0 Å². The smallest absolute Gasteiger partial charge is 0.338 e. The van der Waals surface area contributed by atoms with Gasteiger partial charge in [0.15, 0.2) is 0 Å². The largest absolute Gasteiger partial charge is 0.495 e. The Morgan fingerprint density at radius 1 is 1.33 bits per heavy atom. The van der Waals surface area contributed by atoms with Gasteiger partial charge in [-0.3, -0.25) is 14.5 Å². The second kappa shape index (κ2) is 7.33. The van der Waals surface area contributed by atoms with Crippen LogP contribution in [0.15, 0.2) is 23.9 Å². The van der Waals surface area contributed by atoms with Crippen molar-refractivity contribution >= 4 is 35.1 Å². The Morgan fingerprint density at radius 2 is 2.04 bits per heavy atom. The normalized spacial score (nSPS) is 13.8. The minimum Gasteiger partial charge on any atom is -0.495 e. The number of amides is 2. The number of carbonyl (C=O) groups excluding carboxylic acids is 3. The lowest BCUT2D eigenvalue weighted by molar-refractivity contribution is -0.137. The maximum absolute atomic E-state index is 12.1. The van der Waals surface area contributed by atoms with Crippen LogP contribution in [0.3, 0.4) is 0 Å². The fourth-order valence-corrected chi connectivity index (χ4v) is 2.36. The van der Waals surface area contributed by atoms with Crippen molar-refractivity contribution in [3.05, 3.63) is 34.5 Å². The van der Waals surface area contributed by atoms with E-state index in [0.29, 0.717) is 0 Å². The number of β-amino-alcohol motifs (C(OH)–C–C–N with tert-alkyl or cyclic N) is 1. The monoisotopic (exact) mass is 354 g/mol. The van der Waals surface area contributed by atoms with E-state index in [1.165, 1.54) is 26.4 Å². The highest BCUT2D eigenvalue weighted by Crippen LogP contribution is 2.35. The van der Waals surface area contributed by atoms with E-state index in [1.807, 2.05) is 0 Å². The second-order valence-electron chi connectivity index (χ2n) is 4.73. The highest BCUT2D eigenvalue weighted by molar-refractivity contribution is 6.35. The summed E-state index contributed by atoms with van der Waals surface area (Å²) >= 11 is 6.17. The number of imide groups is 1. The number of nitrogens with one attached hydrogen (secondary N) is 1. The maximum Gasteiger partial charge on any atom is 0.338 e. The van der Waals surface area contributed by atoms with Crippen LogP contribution in [0.5, 0.6) is 5.75 Å². The van der Waals surface area contributed by atoms with E-state index in [-0.39, 0.29) is 40.9 Å². The summed E-state index contributed by atoms with van der Waals surface area (Å²) in [6.45, 7) is -0.455. The molecule has 1 aromatic rings. The number of anilines is 1. The predicted molar refractivity (Wildman–Crippen MR) is 84.9 cm³/mol. The molecule has 0 unspecified atom stereocenters. The van der Waals surface area contributed by atoms with Crippen LogP contribution in [-0.2, 0) is 14.3 Å². The van der Waals surface area contributed by atoms with Crippen LogP contribution in [0.2, 0.25) is 5.02 Å². The van der Waals surface area contributed by atoms with Gasteiger partial charge in [0, 0.05) is 6.08 Å². The van der Waals surface area contributed by atoms with Crippen molar-refractivity contribution in [2.24, 2.45) is 0 Å². The summed E-state index contributed by atoms with van der Waals surface area (Å²) in [5.41, 5.74) is 0.333. The molecule has 0 saturated carbocycles. The van der Waals surface area contributed by atoms with Gasteiger partial charge in [0.05, 0.1) is 38.6 Å². The van der Waals surface area contributed by atoms with Crippen LogP contribution in [0, 0.1) is 0 Å². The molecule has 1 aromatic carbocycles. The number of hydrogen-bond donors (Lipinski definition) is 2. The van der Waals surface area contributed by atoms with Crippen molar-refractivity contribution in [3.63, 3.8) is 0 Å². The second-order valence-corrected chi connectivity index (χ2v) is 5.11. The maximum atomic E-state index is 12.1. The zero-order chi connectivity index (χ0) is 17.9. The van der Waals surface area contributed by atoms with Crippen LogP contribution in [0.1, 0.15) is 10.4 Å². The van der Waals surface area contributed by atoms with Crippen molar-refractivity contribution in [1.29, 1.82) is 0 Å². The molecule has 9 heteroatoms. The average Bonchev–Trinajstić information content (AvgIpc) is 2.83. The van der Waals surface area contributed by atoms with Gasteiger partial charge < -0.3 is 19.9 Å². The van der Waals surface area contributed by atoms with Crippen molar-refractivity contribution in [2.45, 2.75) is 0 Å². The zero-order valence-electron chi connectivity index (χ0n) is 13.0. The molecule has 0 bridgehead atoms. The molecule has 0 atom stereocenters. The first-order valence-corrected chi connectivity index (χ1v) is 7.22. The highest BCUT2D eigenvalue weighted by atomic mass is 35.5. The quantitative estimate of drug-likeness (QED) is 0.574. The molecule has 0 spiro atoms. The number of ether oxygens (including phenoxy) is 2. The molecule has 0 aliphatic carbocycles. The van der Waals surface area contributed by atoms with Gasteiger partial charge in [0.2, 0.25) is 0 Å². The van der Waals surface area contributed by atoms with Gasteiger partial charge in [-0.1, -0.05) is 11.6 Å². The third-order valence-electron chi connectivity index (χ3n) is 3.28. The molecule has 0 radical (unpaired) electrons. The summed E-state index contributed by atoms with van der Waals surface area (Å²) in [6, 6.07) is 2.78. The number of esters is 1. The van der Waals surface area contributed by atoms with Gasteiger partial charge in [-0.2, -0.15) is 0 Å². The molecule has 1 heterocycles. The Balaban J connectivity index is 2.36. The van der Waals surface area contributed by atoms with Gasteiger partial charge in [-0.25, -0.2) is 4.79 Å². The van der Waals surface area contributed by atoms with E-state index >= 15 is 0 Å². The summed E-state index contributed by atoms with van der Waals surface area (Å²) in [5, 5.41) is 11.7. The van der Waals surface area contributed by atoms with Crippen molar-refractivity contribution in [1.82, 2.24) is 4.90 Å². The summed E-state index contributed by atoms with van der Waals surface area (Å²) in [4.78, 5) is 36.5. The number of rotatable bonds is 6. The molecule has 8 nitrogen and oxygen atoms in total. The fourth-order valence-electron chi connectivity index (χ4n) is 2.13. The Bertz CT molecular complexity index is 731. The Morgan fingerprint density at radius 3 is 2.62 bits per heavy atom. The molecule has 2 amide bonds. The van der Waals surface area contributed by atoms with Crippen molar-refractivity contribution in [3.8, 4) is 5.75 Å². The third kappa shape index (κ3) is 3.34. The standard InChI is InChI=1S/C15H15ClN2O6/c1-23-11-6-8(15(22)24-2)5-9(13(11)16)17-10-7-12(20)18(3-4-19)14(10)21/h5-7,17,19H,3-4H2,1-2H3. The van der Waals surface area contributed by atoms with Crippen molar-refractivity contribution in [2.75, 3.05) is 32.7 Å². The molecular weight excluding hydrogens is 340 g/mol. The number of carbonyl (C=O) groups is 3. The molecule has 1 aliphatic rings. The molecule has 24 heavy (non-hydrogen) atoms. The first-order valence-electron chi connectivity index (χ1n) is 6.84. The Labute approximate surface area is 142 Å². The van der Waals surface area contributed by atoms with Crippen LogP contribution in [0.4, 0.5) is 5.69 Å². The lowest BCUT2D eigenvalue weighted by Crippen LogP contribution is -2.34. The van der Waals surface area contributed by atoms with Crippen LogP contribution >= 0.6 is 11.6 Å². The lowest BCUT2D eigenvalue weighted by Gasteiger charge is -2.15. The number of benzene rings is 1. The summed E-state index contributed by atoms with van der Waals surface area (Å²) < 4.78 is 9.75. The van der Waals surface area contributed by atoms with Gasteiger partial charge in [-0.15, -0.1) is 0 Å². The fraction of sp³-hybridized carbons (Fsp3) is 0.267. The first kappa shape index (κ1) is 17.8. The lowest BCUT2D eigenvalue weighted by atomic mass is 10.1. The Hall–Kier alpha value is -2.58. The zero-order valence-corrected chi connectivity index (χ0v) is 13.7. The number of methoxy groups -OCH3 is 2. The minimum absolute atomic E-state index is 0.0283. The van der Waals surface area contributed by atoms with E-state index in [0.717, 1.165) is 11.0 Å². The van der Waals surface area contributed by atoms with Gasteiger partial charge in [-0.05, 0) is 12.1 Å². The van der Waals surface area contributed by atoms with Gasteiger partial charge in [0.25, 0.3) is 11.8 Å². The third-order valence-corrected chi connectivity index (χ3v) is 3.67. The number of hydrogen-bond acceptors (Lipinski definition) is 7. The molecular formula is C15H15ClN2O6. The molecule has 2 N–H and O–H groups in total. The molecule has 2 rings (SSSR count). The molecule has 0 saturated heterocycles. The van der Waals surface area contributed by atoms with E-state index in [1.54, 1.807) is 0 Å². The highest BCUT2D eigenvalue weighted by Gasteiger charge is 2.31. The molecule has 1 aliphatic heterocycles. The summed E-state index contributed by atoms with van der Waals surface area (Å²) in [5.74, 6) is -1.57. The summed E-state index contributed by atoms with van der Waals surface area (Å²) in [7, 11) is 2.60. The number of aliphatic hydroxyl groups excluding tert-OH is 1. The molecule has 0 aromatic heterocycles. The minimum atomic E-state index is -0.613. The van der Waals surface area contributed by atoms with Gasteiger partial charge >= 0.3 is 5.97 Å². The first-order chi connectivity index (χ1) is 11.4. The topological polar surface area (TPSA) is 105 Å². The number of nitrogens with zero attached hydrogens (tertiary/aromatic N) is 1. The van der Waals surface area contributed by atoms with E-state index < -0.39 is 17.8 Å². The van der Waals surface area contributed by atoms with Crippen molar-refractivity contribution < 1.29 is 29.0 Å². The van der Waals surface area contributed by atoms with Crippen LogP contribution in [-0.4, -0.2) is 55.2 Å². The molecule has 128 valence electrons. The molecule has 0 fully saturated rings. The SMILES string of the molecule is COC(=O)c1cc(NC2=CC(=O)N(CCO)C2=O)c(Cl)c(OC)c1. The number of aliphatic hydroxyl groups is 1. The van der Waals surface area contributed by atoms with Gasteiger partial charge in [0.1, 0.15) is 16.5 Å². The Kier molecular flexibility index (Phi) is 5.42. The number of halogens is 1.